The lowest BCUT2D eigenvalue weighted by Gasteiger charge is -2.19. The van der Waals surface area contributed by atoms with Crippen LogP contribution in [0.3, 0.4) is 0 Å². The Labute approximate surface area is 113 Å². The molecule has 1 aliphatic heterocycles. The van der Waals surface area contributed by atoms with Gasteiger partial charge >= 0.3 is 0 Å². The van der Waals surface area contributed by atoms with E-state index < -0.39 is 5.60 Å². The summed E-state index contributed by atoms with van der Waals surface area (Å²) in [5.74, 6) is -0.381. The Morgan fingerprint density at radius 2 is 2.06 bits per heavy atom. The van der Waals surface area contributed by atoms with Gasteiger partial charge < -0.3 is 10.4 Å². The minimum atomic E-state index is -1.50. The molecular formula is C13H10ClNO2S. The first-order chi connectivity index (χ1) is 8.59. The second kappa shape index (κ2) is 4.09. The van der Waals surface area contributed by atoms with Crippen LogP contribution in [0.2, 0.25) is 4.34 Å². The summed E-state index contributed by atoms with van der Waals surface area (Å²) in [5, 5.41) is 13.3. The molecular weight excluding hydrogens is 270 g/mol. The van der Waals surface area contributed by atoms with Crippen LogP contribution in [0.5, 0.6) is 0 Å². The number of para-hydroxylation sites is 1. The molecule has 0 bridgehead atoms. The Morgan fingerprint density at radius 1 is 1.28 bits per heavy atom. The first kappa shape index (κ1) is 11.7. The van der Waals surface area contributed by atoms with Gasteiger partial charge in [0.15, 0.2) is 5.60 Å². The van der Waals surface area contributed by atoms with Crippen LogP contribution >= 0.6 is 22.9 Å². The van der Waals surface area contributed by atoms with Gasteiger partial charge in [-0.1, -0.05) is 29.8 Å². The van der Waals surface area contributed by atoms with Gasteiger partial charge in [0.05, 0.1) is 4.34 Å². The van der Waals surface area contributed by atoms with Crippen molar-refractivity contribution in [1.29, 1.82) is 0 Å². The van der Waals surface area contributed by atoms with Gasteiger partial charge in [-0.15, -0.1) is 11.3 Å². The lowest BCUT2D eigenvalue weighted by atomic mass is 9.91. The average Bonchev–Trinajstić information content (AvgIpc) is 2.84. The predicted octanol–water partition coefficient (Wildman–Crippen LogP) is 2.78. The van der Waals surface area contributed by atoms with Gasteiger partial charge in [-0.2, -0.15) is 0 Å². The fourth-order valence-corrected chi connectivity index (χ4v) is 3.34. The summed E-state index contributed by atoms with van der Waals surface area (Å²) in [6.45, 7) is 0. The smallest absolute Gasteiger partial charge is 0.261 e. The van der Waals surface area contributed by atoms with Crippen molar-refractivity contribution in [2.75, 3.05) is 5.32 Å². The second-order valence-electron chi connectivity index (χ2n) is 4.24. The number of halogens is 1. The van der Waals surface area contributed by atoms with Crippen molar-refractivity contribution in [3.05, 3.63) is 51.2 Å². The molecule has 0 saturated heterocycles. The van der Waals surface area contributed by atoms with Crippen molar-refractivity contribution in [2.24, 2.45) is 0 Å². The summed E-state index contributed by atoms with van der Waals surface area (Å²) in [7, 11) is 0. The molecule has 1 aromatic carbocycles. The number of amides is 1. The maximum absolute atomic E-state index is 12.0. The van der Waals surface area contributed by atoms with E-state index in [0.29, 0.717) is 15.6 Å². The van der Waals surface area contributed by atoms with E-state index in [-0.39, 0.29) is 12.3 Å². The number of hydrogen-bond acceptors (Lipinski definition) is 3. The number of carbonyl (C=O) groups is 1. The van der Waals surface area contributed by atoms with Gasteiger partial charge in [0.2, 0.25) is 0 Å². The third-order valence-electron chi connectivity index (χ3n) is 3.06. The number of hydrogen-bond donors (Lipinski definition) is 2. The quantitative estimate of drug-likeness (QED) is 0.888. The number of fused-ring (bicyclic) bond motifs is 1. The average molecular weight is 280 g/mol. The molecule has 3 nitrogen and oxygen atoms in total. The summed E-state index contributed by atoms with van der Waals surface area (Å²) in [6.07, 6.45) is 0.243. The lowest BCUT2D eigenvalue weighted by molar-refractivity contribution is -0.133. The van der Waals surface area contributed by atoms with Crippen LogP contribution < -0.4 is 5.32 Å². The Morgan fingerprint density at radius 3 is 2.78 bits per heavy atom. The maximum Gasteiger partial charge on any atom is 0.261 e. The summed E-state index contributed by atoms with van der Waals surface area (Å²) < 4.78 is 0.653. The van der Waals surface area contributed by atoms with Gasteiger partial charge in [0.1, 0.15) is 0 Å². The fraction of sp³-hybridized carbons (Fsp3) is 0.154. The SMILES string of the molecule is O=C1Nc2ccccc2C1(O)Cc1ccc(Cl)s1. The highest BCUT2D eigenvalue weighted by Crippen LogP contribution is 2.39. The van der Waals surface area contributed by atoms with Crippen molar-refractivity contribution in [1.82, 2.24) is 0 Å². The van der Waals surface area contributed by atoms with Crippen molar-refractivity contribution in [2.45, 2.75) is 12.0 Å². The molecule has 3 rings (SSSR count). The van der Waals surface area contributed by atoms with Gasteiger partial charge in [-0.3, -0.25) is 4.79 Å². The maximum atomic E-state index is 12.0. The number of thiophene rings is 1. The van der Waals surface area contributed by atoms with Crippen molar-refractivity contribution >= 4 is 34.5 Å². The third-order valence-corrected chi connectivity index (χ3v) is 4.29. The van der Waals surface area contributed by atoms with Crippen LogP contribution in [0.15, 0.2) is 36.4 Å². The highest BCUT2D eigenvalue weighted by atomic mass is 35.5. The molecule has 2 aromatic rings. The molecule has 5 heteroatoms. The largest absolute Gasteiger partial charge is 0.375 e. The van der Waals surface area contributed by atoms with E-state index in [0.717, 1.165) is 4.88 Å². The molecule has 0 radical (unpaired) electrons. The number of carbonyl (C=O) groups excluding carboxylic acids is 1. The topological polar surface area (TPSA) is 49.3 Å². The van der Waals surface area contributed by atoms with Crippen molar-refractivity contribution < 1.29 is 9.90 Å². The summed E-state index contributed by atoms with van der Waals surface area (Å²) >= 11 is 7.24. The highest BCUT2D eigenvalue weighted by Gasteiger charge is 2.45. The van der Waals surface area contributed by atoms with Crippen molar-refractivity contribution in [3.63, 3.8) is 0 Å². The second-order valence-corrected chi connectivity index (χ2v) is 6.04. The van der Waals surface area contributed by atoms with E-state index in [1.54, 1.807) is 18.2 Å². The number of aliphatic hydroxyl groups is 1. The fourth-order valence-electron chi connectivity index (χ4n) is 2.18. The predicted molar refractivity (Wildman–Crippen MR) is 72.0 cm³/mol. The number of nitrogens with one attached hydrogen (secondary N) is 1. The third kappa shape index (κ3) is 1.73. The molecule has 0 fully saturated rings. The van der Waals surface area contributed by atoms with Gasteiger partial charge in [-0.25, -0.2) is 0 Å². The normalized spacial score (nSPS) is 21.8. The molecule has 1 aromatic heterocycles. The minimum Gasteiger partial charge on any atom is -0.375 e. The standard InChI is InChI=1S/C13H10ClNO2S/c14-11-6-5-8(18-11)7-13(17)9-3-1-2-4-10(9)15-12(13)16/h1-6,17H,7H2,(H,15,16). The molecule has 2 N–H and O–H groups in total. The summed E-state index contributed by atoms with van der Waals surface area (Å²) in [5.41, 5.74) is -0.197. The molecule has 0 aliphatic carbocycles. The van der Waals surface area contributed by atoms with Gasteiger partial charge in [-0.05, 0) is 18.2 Å². The first-order valence-electron chi connectivity index (χ1n) is 5.47. The van der Waals surface area contributed by atoms with E-state index >= 15 is 0 Å². The van der Waals surface area contributed by atoms with E-state index in [1.807, 2.05) is 18.2 Å². The van der Waals surface area contributed by atoms with Crippen LogP contribution in [-0.4, -0.2) is 11.0 Å². The Balaban J connectivity index is 2.01. The number of benzene rings is 1. The Hall–Kier alpha value is -1.36. The monoisotopic (exact) mass is 279 g/mol. The molecule has 1 unspecified atom stereocenters. The molecule has 0 saturated carbocycles. The van der Waals surface area contributed by atoms with E-state index in [4.69, 9.17) is 11.6 Å². The van der Waals surface area contributed by atoms with Crippen LogP contribution in [0.4, 0.5) is 5.69 Å². The summed E-state index contributed by atoms with van der Waals surface area (Å²) in [6, 6.07) is 10.8. The van der Waals surface area contributed by atoms with Crippen LogP contribution in [0, 0.1) is 0 Å². The van der Waals surface area contributed by atoms with Crippen molar-refractivity contribution in [3.8, 4) is 0 Å². The highest BCUT2D eigenvalue weighted by molar-refractivity contribution is 7.16. The molecule has 1 atom stereocenters. The molecule has 1 amide bonds. The summed E-state index contributed by atoms with van der Waals surface area (Å²) in [4.78, 5) is 12.9. The Kier molecular flexibility index (Phi) is 2.66. The zero-order chi connectivity index (χ0) is 12.8. The molecule has 92 valence electrons. The number of anilines is 1. The van der Waals surface area contributed by atoms with E-state index in [2.05, 4.69) is 5.32 Å². The number of rotatable bonds is 2. The zero-order valence-electron chi connectivity index (χ0n) is 9.31. The van der Waals surface area contributed by atoms with Gasteiger partial charge in [0.25, 0.3) is 5.91 Å². The van der Waals surface area contributed by atoms with E-state index in [1.165, 1.54) is 11.3 Å². The Bertz CT molecular complexity index is 625. The van der Waals surface area contributed by atoms with Gasteiger partial charge in [0, 0.05) is 22.5 Å². The zero-order valence-corrected chi connectivity index (χ0v) is 10.9. The van der Waals surface area contributed by atoms with Crippen LogP contribution in [0.25, 0.3) is 0 Å². The van der Waals surface area contributed by atoms with Crippen LogP contribution in [0.1, 0.15) is 10.4 Å². The molecule has 18 heavy (non-hydrogen) atoms. The minimum absolute atomic E-state index is 0.243. The van der Waals surface area contributed by atoms with Crippen LogP contribution in [-0.2, 0) is 16.8 Å². The molecule has 0 spiro atoms. The lowest BCUT2D eigenvalue weighted by Crippen LogP contribution is -2.36. The first-order valence-corrected chi connectivity index (χ1v) is 6.66. The van der Waals surface area contributed by atoms with E-state index in [9.17, 15) is 9.90 Å². The molecule has 1 aliphatic rings. The molecule has 2 heterocycles.